The highest BCUT2D eigenvalue weighted by molar-refractivity contribution is 5.26. The van der Waals surface area contributed by atoms with E-state index in [1.54, 1.807) is 13.2 Å². The number of rotatable bonds is 6. The molecular formula is C12H18FNO2. The first-order valence-electron chi connectivity index (χ1n) is 5.26. The molecule has 0 radical (unpaired) electrons. The number of aliphatic hydroxyl groups is 1. The van der Waals surface area contributed by atoms with Crippen LogP contribution in [-0.2, 0) is 11.3 Å². The summed E-state index contributed by atoms with van der Waals surface area (Å²) in [5.41, 5.74) is 1.94. The summed E-state index contributed by atoms with van der Waals surface area (Å²) in [6.45, 7) is 3.26. The van der Waals surface area contributed by atoms with Gasteiger partial charge in [0.1, 0.15) is 5.82 Å². The molecule has 4 heteroatoms. The maximum Gasteiger partial charge on any atom is 0.123 e. The average molecular weight is 227 g/mol. The van der Waals surface area contributed by atoms with Gasteiger partial charge in [-0.25, -0.2) is 4.39 Å². The molecule has 0 amide bonds. The van der Waals surface area contributed by atoms with Crippen LogP contribution < -0.4 is 5.32 Å². The minimum atomic E-state index is -0.509. The number of ether oxygens (including phenoxy) is 1. The lowest BCUT2D eigenvalue weighted by atomic mass is 10.1. The number of aryl methyl sites for hydroxylation is 1. The summed E-state index contributed by atoms with van der Waals surface area (Å²) in [4.78, 5) is 0. The Morgan fingerprint density at radius 1 is 1.50 bits per heavy atom. The molecule has 0 aromatic heterocycles. The summed E-state index contributed by atoms with van der Waals surface area (Å²) in [5.74, 6) is -0.222. The van der Waals surface area contributed by atoms with E-state index in [9.17, 15) is 9.50 Å². The van der Waals surface area contributed by atoms with Crippen molar-refractivity contribution in [3.05, 3.63) is 35.1 Å². The van der Waals surface area contributed by atoms with Crippen molar-refractivity contribution in [2.45, 2.75) is 19.6 Å². The van der Waals surface area contributed by atoms with Crippen molar-refractivity contribution in [1.29, 1.82) is 0 Å². The monoisotopic (exact) mass is 227 g/mol. The summed E-state index contributed by atoms with van der Waals surface area (Å²) in [7, 11) is 1.55. The molecule has 16 heavy (non-hydrogen) atoms. The number of aliphatic hydroxyl groups excluding tert-OH is 1. The molecule has 0 aliphatic carbocycles. The Bertz CT molecular complexity index is 331. The van der Waals surface area contributed by atoms with E-state index >= 15 is 0 Å². The van der Waals surface area contributed by atoms with E-state index in [-0.39, 0.29) is 5.82 Å². The molecule has 1 rings (SSSR count). The molecule has 0 spiro atoms. The van der Waals surface area contributed by atoms with Crippen LogP contribution in [0, 0.1) is 12.7 Å². The Labute approximate surface area is 95.2 Å². The van der Waals surface area contributed by atoms with Gasteiger partial charge in [0, 0.05) is 20.2 Å². The topological polar surface area (TPSA) is 41.5 Å². The molecule has 90 valence electrons. The molecule has 0 heterocycles. The van der Waals surface area contributed by atoms with E-state index in [1.165, 1.54) is 12.1 Å². The maximum absolute atomic E-state index is 12.8. The molecule has 0 aliphatic rings. The van der Waals surface area contributed by atoms with E-state index in [0.29, 0.717) is 19.7 Å². The van der Waals surface area contributed by atoms with Gasteiger partial charge in [-0.2, -0.15) is 0 Å². The van der Waals surface area contributed by atoms with Crippen molar-refractivity contribution in [2.24, 2.45) is 0 Å². The molecule has 0 bridgehead atoms. The summed E-state index contributed by atoms with van der Waals surface area (Å²) in [6.07, 6.45) is -0.509. The fourth-order valence-corrected chi connectivity index (χ4v) is 1.48. The molecule has 0 saturated carbocycles. The van der Waals surface area contributed by atoms with Crippen molar-refractivity contribution in [2.75, 3.05) is 20.3 Å². The van der Waals surface area contributed by atoms with Crippen LogP contribution in [0.15, 0.2) is 18.2 Å². The second-order valence-electron chi connectivity index (χ2n) is 3.81. The molecule has 1 aromatic carbocycles. The largest absolute Gasteiger partial charge is 0.389 e. The van der Waals surface area contributed by atoms with E-state index < -0.39 is 6.10 Å². The number of hydrogen-bond acceptors (Lipinski definition) is 3. The lowest BCUT2D eigenvalue weighted by molar-refractivity contribution is 0.0644. The van der Waals surface area contributed by atoms with Gasteiger partial charge in [-0.1, -0.05) is 6.07 Å². The quantitative estimate of drug-likeness (QED) is 0.768. The first kappa shape index (κ1) is 13.1. The third-order valence-electron chi connectivity index (χ3n) is 2.36. The van der Waals surface area contributed by atoms with Crippen LogP contribution in [0.4, 0.5) is 4.39 Å². The van der Waals surface area contributed by atoms with Crippen LogP contribution in [0.2, 0.25) is 0 Å². The molecule has 3 nitrogen and oxygen atoms in total. The van der Waals surface area contributed by atoms with Crippen LogP contribution in [0.25, 0.3) is 0 Å². The van der Waals surface area contributed by atoms with Crippen molar-refractivity contribution in [3.63, 3.8) is 0 Å². The third-order valence-corrected chi connectivity index (χ3v) is 2.36. The normalized spacial score (nSPS) is 12.8. The van der Waals surface area contributed by atoms with Gasteiger partial charge in [0.15, 0.2) is 0 Å². The lowest BCUT2D eigenvalue weighted by Gasteiger charge is -2.11. The number of halogens is 1. The van der Waals surface area contributed by atoms with Gasteiger partial charge in [-0.05, 0) is 30.2 Å². The minimum Gasteiger partial charge on any atom is -0.389 e. The second kappa shape index (κ2) is 6.58. The minimum absolute atomic E-state index is 0.222. The Morgan fingerprint density at radius 3 is 2.88 bits per heavy atom. The zero-order valence-electron chi connectivity index (χ0n) is 9.66. The summed E-state index contributed by atoms with van der Waals surface area (Å²) in [5, 5.41) is 12.5. The van der Waals surface area contributed by atoms with Crippen LogP contribution in [0.3, 0.4) is 0 Å². The maximum atomic E-state index is 12.8. The standard InChI is InChI=1S/C12H18FNO2/c1-9-5-11(13)4-3-10(9)6-14-7-12(15)8-16-2/h3-5,12,14-15H,6-8H2,1-2H3. The first-order chi connectivity index (χ1) is 7.63. The zero-order chi connectivity index (χ0) is 12.0. The molecule has 1 atom stereocenters. The third kappa shape index (κ3) is 4.26. The van der Waals surface area contributed by atoms with Crippen molar-refractivity contribution in [1.82, 2.24) is 5.32 Å². The predicted octanol–water partition coefficient (Wildman–Crippen LogP) is 1.23. The van der Waals surface area contributed by atoms with Crippen LogP contribution >= 0.6 is 0 Å². The van der Waals surface area contributed by atoms with E-state index in [0.717, 1.165) is 11.1 Å². The van der Waals surface area contributed by atoms with Gasteiger partial charge in [0.25, 0.3) is 0 Å². The van der Waals surface area contributed by atoms with E-state index in [1.807, 2.05) is 6.92 Å². The molecular weight excluding hydrogens is 209 g/mol. The van der Waals surface area contributed by atoms with Crippen molar-refractivity contribution in [3.8, 4) is 0 Å². The molecule has 0 saturated heterocycles. The van der Waals surface area contributed by atoms with Gasteiger partial charge in [0.2, 0.25) is 0 Å². The first-order valence-corrected chi connectivity index (χ1v) is 5.26. The SMILES string of the molecule is COCC(O)CNCc1ccc(F)cc1C. The summed E-state index contributed by atoms with van der Waals surface area (Å²) in [6, 6.07) is 4.69. The Morgan fingerprint density at radius 2 is 2.25 bits per heavy atom. The molecule has 1 unspecified atom stereocenters. The number of methoxy groups -OCH3 is 1. The molecule has 0 fully saturated rings. The Hall–Kier alpha value is -0.970. The van der Waals surface area contributed by atoms with Gasteiger partial charge in [-0.3, -0.25) is 0 Å². The number of nitrogens with one attached hydrogen (secondary N) is 1. The van der Waals surface area contributed by atoms with Gasteiger partial charge in [0.05, 0.1) is 12.7 Å². The van der Waals surface area contributed by atoms with Gasteiger partial charge in [-0.15, -0.1) is 0 Å². The van der Waals surface area contributed by atoms with Crippen LogP contribution in [0.1, 0.15) is 11.1 Å². The average Bonchev–Trinajstić information content (AvgIpc) is 2.22. The molecule has 1 aromatic rings. The van der Waals surface area contributed by atoms with Crippen LogP contribution in [-0.4, -0.2) is 31.5 Å². The lowest BCUT2D eigenvalue weighted by Crippen LogP contribution is -2.29. The Balaban J connectivity index is 2.37. The summed E-state index contributed by atoms with van der Waals surface area (Å²) < 4.78 is 17.6. The zero-order valence-corrected chi connectivity index (χ0v) is 9.66. The van der Waals surface area contributed by atoms with Crippen LogP contribution in [0.5, 0.6) is 0 Å². The van der Waals surface area contributed by atoms with Crippen molar-refractivity contribution >= 4 is 0 Å². The smallest absolute Gasteiger partial charge is 0.123 e. The molecule has 2 N–H and O–H groups in total. The number of hydrogen-bond donors (Lipinski definition) is 2. The highest BCUT2D eigenvalue weighted by atomic mass is 19.1. The highest BCUT2D eigenvalue weighted by Crippen LogP contribution is 2.09. The fraction of sp³-hybridized carbons (Fsp3) is 0.500. The number of benzene rings is 1. The van der Waals surface area contributed by atoms with Crippen molar-refractivity contribution < 1.29 is 14.2 Å². The second-order valence-corrected chi connectivity index (χ2v) is 3.81. The fourth-order valence-electron chi connectivity index (χ4n) is 1.48. The highest BCUT2D eigenvalue weighted by Gasteiger charge is 2.04. The van der Waals surface area contributed by atoms with E-state index in [4.69, 9.17) is 4.74 Å². The van der Waals surface area contributed by atoms with Gasteiger partial charge < -0.3 is 15.2 Å². The Kier molecular flexibility index (Phi) is 5.38. The molecule has 0 aliphatic heterocycles. The summed E-state index contributed by atoms with van der Waals surface area (Å²) >= 11 is 0. The predicted molar refractivity (Wildman–Crippen MR) is 60.7 cm³/mol. The van der Waals surface area contributed by atoms with E-state index in [2.05, 4.69) is 5.32 Å². The van der Waals surface area contributed by atoms with Gasteiger partial charge >= 0.3 is 0 Å².